The van der Waals surface area contributed by atoms with Gasteiger partial charge in [0.1, 0.15) is 0 Å². The zero-order valence-electron chi connectivity index (χ0n) is 7.94. The Kier molecular flexibility index (Phi) is 8.49. The summed E-state index contributed by atoms with van der Waals surface area (Å²) >= 11 is 1.70. The first-order valence-electron chi connectivity index (χ1n) is 4.55. The number of unbranched alkanes of at least 4 members (excludes halogenated alkanes) is 3. The zero-order valence-corrected chi connectivity index (χ0v) is 8.75. The van der Waals surface area contributed by atoms with Crippen LogP contribution in [0.5, 0.6) is 0 Å². The van der Waals surface area contributed by atoms with Crippen LogP contribution in [0.4, 0.5) is 0 Å². The predicted octanol–water partition coefficient (Wildman–Crippen LogP) is 3.84. The fourth-order valence-electron chi connectivity index (χ4n) is 0.965. The van der Waals surface area contributed by atoms with Gasteiger partial charge >= 0.3 is 0 Å². The van der Waals surface area contributed by atoms with Crippen molar-refractivity contribution in [1.82, 2.24) is 0 Å². The van der Waals surface area contributed by atoms with Gasteiger partial charge in [0.15, 0.2) is 0 Å². The molecule has 68 valence electrons. The fourth-order valence-corrected chi connectivity index (χ4v) is 1.54. The molecule has 0 atom stereocenters. The Hall–Kier alpha value is -0.350. The van der Waals surface area contributed by atoms with Gasteiger partial charge in [-0.1, -0.05) is 38.7 Å². The molecular weight excluding hydrogens is 164 g/mol. The summed E-state index contributed by atoms with van der Waals surface area (Å²) in [6, 6.07) is 0. The maximum atomic E-state index is 5.14. The Morgan fingerprint density at radius 2 is 2.17 bits per heavy atom. The first kappa shape index (κ1) is 11.6. The zero-order chi connectivity index (χ0) is 9.23. The van der Waals surface area contributed by atoms with Crippen molar-refractivity contribution in [1.29, 1.82) is 0 Å². The van der Waals surface area contributed by atoms with Gasteiger partial charge in [-0.25, -0.2) is 0 Å². The molecule has 0 aliphatic heterocycles. The summed E-state index contributed by atoms with van der Waals surface area (Å²) in [5, 5.41) is 0. The second-order valence-electron chi connectivity index (χ2n) is 2.84. The van der Waals surface area contributed by atoms with Crippen LogP contribution in [0.1, 0.15) is 39.0 Å². The average molecular weight is 182 g/mol. The monoisotopic (exact) mass is 182 g/mol. The Morgan fingerprint density at radius 3 is 2.75 bits per heavy atom. The molecule has 0 aromatic carbocycles. The first-order valence-corrected chi connectivity index (χ1v) is 5.53. The summed E-state index contributed by atoms with van der Waals surface area (Å²) < 4.78 is 0. The normalized spacial score (nSPS) is 9.33. The van der Waals surface area contributed by atoms with E-state index in [2.05, 4.69) is 19.4 Å². The van der Waals surface area contributed by atoms with Gasteiger partial charge in [0, 0.05) is 0 Å². The van der Waals surface area contributed by atoms with Crippen molar-refractivity contribution in [3.05, 3.63) is 11.5 Å². The summed E-state index contributed by atoms with van der Waals surface area (Å²) in [4.78, 5) is 1.24. The minimum Gasteiger partial charge on any atom is -0.119 e. The lowest BCUT2D eigenvalue weighted by molar-refractivity contribution is 0.672. The Balaban J connectivity index is 3.15. The number of rotatable bonds is 7. The molecule has 0 aliphatic rings. The van der Waals surface area contributed by atoms with Gasteiger partial charge in [-0.15, -0.1) is 18.2 Å². The molecule has 0 nitrogen and oxygen atoms in total. The van der Waals surface area contributed by atoms with Crippen molar-refractivity contribution in [2.75, 3.05) is 5.75 Å². The summed E-state index contributed by atoms with van der Waals surface area (Å²) in [5.41, 5.74) is 0. The van der Waals surface area contributed by atoms with Crippen LogP contribution < -0.4 is 0 Å². The summed E-state index contributed by atoms with van der Waals surface area (Å²) in [6.07, 6.45) is 11.5. The molecular formula is C11H18S. The average Bonchev–Trinajstić information content (AvgIpc) is 2.09. The van der Waals surface area contributed by atoms with Gasteiger partial charge in [-0.05, 0) is 17.7 Å². The first-order chi connectivity index (χ1) is 5.81. The third kappa shape index (κ3) is 7.75. The molecule has 1 heteroatoms. The van der Waals surface area contributed by atoms with Crippen LogP contribution in [-0.2, 0) is 0 Å². The van der Waals surface area contributed by atoms with E-state index in [4.69, 9.17) is 6.42 Å². The number of thioether (sulfide) groups is 1. The molecule has 0 spiro atoms. The lowest BCUT2D eigenvalue weighted by atomic mass is 10.1. The molecule has 0 heterocycles. The van der Waals surface area contributed by atoms with Gasteiger partial charge in [0.05, 0.1) is 5.75 Å². The van der Waals surface area contributed by atoms with E-state index < -0.39 is 0 Å². The molecule has 0 aromatic rings. The maximum absolute atomic E-state index is 5.14. The quantitative estimate of drug-likeness (QED) is 0.426. The molecule has 0 saturated carbocycles. The van der Waals surface area contributed by atoms with Crippen molar-refractivity contribution >= 4 is 11.8 Å². The van der Waals surface area contributed by atoms with E-state index in [1.165, 1.54) is 30.6 Å². The SMILES string of the molecule is C#CCSC(=C)CCCCCC. The van der Waals surface area contributed by atoms with Gasteiger partial charge in [0.25, 0.3) is 0 Å². The minimum absolute atomic E-state index is 0.770. The number of terminal acetylenes is 1. The number of hydrogen-bond acceptors (Lipinski definition) is 1. The van der Waals surface area contributed by atoms with E-state index >= 15 is 0 Å². The molecule has 0 fully saturated rings. The smallest absolute Gasteiger partial charge is 0.0588 e. The molecule has 0 aromatic heterocycles. The molecule has 0 aliphatic carbocycles. The van der Waals surface area contributed by atoms with Crippen molar-refractivity contribution in [3.63, 3.8) is 0 Å². The second-order valence-corrected chi connectivity index (χ2v) is 4.00. The number of hydrogen-bond donors (Lipinski definition) is 0. The summed E-state index contributed by atoms with van der Waals surface area (Å²) in [5.74, 6) is 3.37. The van der Waals surface area contributed by atoms with Crippen molar-refractivity contribution < 1.29 is 0 Å². The molecule has 0 unspecified atom stereocenters. The van der Waals surface area contributed by atoms with Crippen molar-refractivity contribution in [3.8, 4) is 12.3 Å². The highest BCUT2D eigenvalue weighted by Gasteiger charge is 1.93. The van der Waals surface area contributed by atoms with Gasteiger partial charge in [0.2, 0.25) is 0 Å². The highest BCUT2D eigenvalue weighted by Crippen LogP contribution is 2.19. The molecule has 0 N–H and O–H groups in total. The van der Waals surface area contributed by atoms with Crippen molar-refractivity contribution in [2.24, 2.45) is 0 Å². The van der Waals surface area contributed by atoms with Crippen LogP contribution in [0, 0.1) is 12.3 Å². The van der Waals surface area contributed by atoms with E-state index in [0.717, 1.165) is 12.2 Å². The molecule has 0 rings (SSSR count). The van der Waals surface area contributed by atoms with E-state index in [9.17, 15) is 0 Å². The third-order valence-corrected chi connectivity index (χ3v) is 2.59. The standard InChI is InChI=1S/C11H18S/c1-4-6-7-8-9-11(3)12-10-5-2/h2H,3-4,6-10H2,1H3. The lowest BCUT2D eigenvalue weighted by Gasteiger charge is -2.01. The number of allylic oxidation sites excluding steroid dienone is 1. The van der Waals surface area contributed by atoms with Crippen LogP contribution in [0.2, 0.25) is 0 Å². The highest BCUT2D eigenvalue weighted by molar-refractivity contribution is 8.03. The van der Waals surface area contributed by atoms with Gasteiger partial charge in [-0.2, -0.15) is 0 Å². The predicted molar refractivity (Wildman–Crippen MR) is 59.2 cm³/mol. The summed E-state index contributed by atoms with van der Waals surface area (Å²) in [6.45, 7) is 6.18. The molecule has 0 amide bonds. The highest BCUT2D eigenvalue weighted by atomic mass is 32.2. The largest absolute Gasteiger partial charge is 0.119 e. The maximum Gasteiger partial charge on any atom is 0.0588 e. The van der Waals surface area contributed by atoms with Crippen LogP contribution in [0.15, 0.2) is 11.5 Å². The molecule has 0 radical (unpaired) electrons. The van der Waals surface area contributed by atoms with E-state index in [1.807, 2.05) is 0 Å². The van der Waals surface area contributed by atoms with Gasteiger partial charge in [-0.3, -0.25) is 0 Å². The van der Waals surface area contributed by atoms with E-state index in [1.54, 1.807) is 11.8 Å². The third-order valence-electron chi connectivity index (χ3n) is 1.67. The van der Waals surface area contributed by atoms with E-state index in [-0.39, 0.29) is 0 Å². The van der Waals surface area contributed by atoms with Crippen molar-refractivity contribution in [2.45, 2.75) is 39.0 Å². The minimum atomic E-state index is 0.770. The van der Waals surface area contributed by atoms with Crippen LogP contribution in [-0.4, -0.2) is 5.75 Å². The Labute approximate surface area is 80.8 Å². The lowest BCUT2D eigenvalue weighted by Crippen LogP contribution is -1.80. The molecule has 12 heavy (non-hydrogen) atoms. The fraction of sp³-hybridized carbons (Fsp3) is 0.636. The topological polar surface area (TPSA) is 0 Å². The second kappa shape index (κ2) is 8.74. The molecule has 0 saturated heterocycles. The van der Waals surface area contributed by atoms with E-state index in [0.29, 0.717) is 0 Å². The Morgan fingerprint density at radius 1 is 1.42 bits per heavy atom. The Bertz CT molecular complexity index is 153. The van der Waals surface area contributed by atoms with Crippen LogP contribution in [0.25, 0.3) is 0 Å². The molecule has 0 bridgehead atoms. The van der Waals surface area contributed by atoms with Crippen LogP contribution in [0.3, 0.4) is 0 Å². The summed E-state index contributed by atoms with van der Waals surface area (Å²) in [7, 11) is 0. The van der Waals surface area contributed by atoms with Crippen LogP contribution >= 0.6 is 11.8 Å². The van der Waals surface area contributed by atoms with Gasteiger partial charge < -0.3 is 0 Å².